The van der Waals surface area contributed by atoms with Gasteiger partial charge in [-0.3, -0.25) is 4.90 Å². The van der Waals surface area contributed by atoms with Crippen LogP contribution < -0.4 is 15.2 Å². The van der Waals surface area contributed by atoms with Crippen molar-refractivity contribution in [1.82, 2.24) is 4.90 Å². The third kappa shape index (κ3) is 2.62. The van der Waals surface area contributed by atoms with Gasteiger partial charge < -0.3 is 19.9 Å². The van der Waals surface area contributed by atoms with Crippen LogP contribution in [0.25, 0.3) is 0 Å². The Morgan fingerprint density at radius 3 is 2.68 bits per heavy atom. The lowest BCUT2D eigenvalue weighted by Crippen LogP contribution is -2.43. The van der Waals surface area contributed by atoms with Gasteiger partial charge in [0, 0.05) is 30.9 Å². The van der Waals surface area contributed by atoms with Gasteiger partial charge >= 0.3 is 0 Å². The largest absolute Gasteiger partial charge is 0.486 e. The molecule has 1 aromatic carbocycles. The van der Waals surface area contributed by atoms with Gasteiger partial charge in [-0.25, -0.2) is 0 Å². The normalized spacial score (nSPS) is 23.3. The van der Waals surface area contributed by atoms with E-state index in [0.717, 1.165) is 49.1 Å². The van der Waals surface area contributed by atoms with E-state index in [1.54, 1.807) is 0 Å². The number of nitrogens with zero attached hydrogens (tertiary/aromatic N) is 1. The zero-order chi connectivity index (χ0) is 13.2. The van der Waals surface area contributed by atoms with Gasteiger partial charge in [-0.05, 0) is 18.6 Å². The Morgan fingerprint density at radius 1 is 1.21 bits per heavy atom. The van der Waals surface area contributed by atoms with Crippen molar-refractivity contribution in [2.24, 2.45) is 0 Å². The summed E-state index contributed by atoms with van der Waals surface area (Å²) in [5, 5.41) is 0. The van der Waals surface area contributed by atoms with Crippen LogP contribution in [-0.2, 0) is 11.3 Å². The Kier molecular flexibility index (Phi) is 3.48. The second kappa shape index (κ2) is 5.27. The van der Waals surface area contributed by atoms with Gasteiger partial charge in [-0.1, -0.05) is 0 Å². The molecule has 0 spiro atoms. The summed E-state index contributed by atoms with van der Waals surface area (Å²) in [6.07, 6.45) is 0. The van der Waals surface area contributed by atoms with E-state index in [-0.39, 0.29) is 0 Å². The number of hydrogen-bond donors (Lipinski definition) is 1. The standard InChI is InChI=1S/C14H20N2O3/c1-10-9-17-3-2-16(10)8-11-6-13-14(7-12(11)15)19-5-4-18-13/h6-7,10H,2-5,8-9,15H2,1H3. The molecule has 1 atom stereocenters. The maximum absolute atomic E-state index is 6.11. The number of nitrogens with two attached hydrogens (primary N) is 1. The van der Waals surface area contributed by atoms with E-state index in [9.17, 15) is 0 Å². The molecule has 0 aromatic heterocycles. The number of morpholine rings is 1. The highest BCUT2D eigenvalue weighted by atomic mass is 16.6. The number of hydrogen-bond acceptors (Lipinski definition) is 5. The topological polar surface area (TPSA) is 57.0 Å². The summed E-state index contributed by atoms with van der Waals surface area (Å²) in [5.41, 5.74) is 7.98. The van der Waals surface area contributed by atoms with E-state index in [2.05, 4.69) is 11.8 Å². The van der Waals surface area contributed by atoms with Gasteiger partial charge in [-0.2, -0.15) is 0 Å². The molecule has 1 fully saturated rings. The van der Waals surface area contributed by atoms with Gasteiger partial charge in [0.1, 0.15) is 13.2 Å². The molecule has 0 bridgehead atoms. The zero-order valence-electron chi connectivity index (χ0n) is 11.2. The first kappa shape index (κ1) is 12.6. The lowest BCUT2D eigenvalue weighted by atomic mass is 10.1. The third-order valence-corrected chi connectivity index (χ3v) is 3.68. The van der Waals surface area contributed by atoms with Gasteiger partial charge in [0.15, 0.2) is 11.5 Å². The molecule has 0 radical (unpaired) electrons. The Hall–Kier alpha value is -1.46. The number of ether oxygens (including phenoxy) is 3. The fourth-order valence-electron chi connectivity index (χ4n) is 2.50. The highest BCUT2D eigenvalue weighted by Gasteiger charge is 2.21. The molecule has 19 heavy (non-hydrogen) atoms. The summed E-state index contributed by atoms with van der Waals surface area (Å²) in [6, 6.07) is 4.29. The third-order valence-electron chi connectivity index (χ3n) is 3.68. The number of rotatable bonds is 2. The lowest BCUT2D eigenvalue weighted by molar-refractivity contribution is -0.00432. The first-order chi connectivity index (χ1) is 9.24. The molecule has 3 rings (SSSR count). The summed E-state index contributed by atoms with van der Waals surface area (Å²) in [7, 11) is 0. The van der Waals surface area contributed by atoms with Crippen LogP contribution in [-0.4, -0.2) is 43.9 Å². The van der Waals surface area contributed by atoms with Gasteiger partial charge in [-0.15, -0.1) is 0 Å². The highest BCUT2D eigenvalue weighted by molar-refractivity contribution is 5.58. The van der Waals surface area contributed by atoms with Crippen LogP contribution >= 0.6 is 0 Å². The van der Waals surface area contributed by atoms with Crippen LogP contribution in [0.3, 0.4) is 0 Å². The summed E-state index contributed by atoms with van der Waals surface area (Å²) >= 11 is 0. The van der Waals surface area contributed by atoms with Crippen LogP contribution in [0.15, 0.2) is 12.1 Å². The van der Waals surface area contributed by atoms with E-state index in [4.69, 9.17) is 19.9 Å². The smallest absolute Gasteiger partial charge is 0.163 e. The molecule has 2 aliphatic heterocycles. The summed E-state index contributed by atoms with van der Waals surface area (Å²) in [5.74, 6) is 1.55. The molecule has 2 aliphatic rings. The average Bonchev–Trinajstić information content (AvgIpc) is 2.42. The molecule has 1 saturated heterocycles. The van der Waals surface area contributed by atoms with Crippen LogP contribution in [0.1, 0.15) is 12.5 Å². The fourth-order valence-corrected chi connectivity index (χ4v) is 2.50. The second-order valence-corrected chi connectivity index (χ2v) is 5.09. The predicted molar refractivity (Wildman–Crippen MR) is 72.5 cm³/mol. The monoisotopic (exact) mass is 264 g/mol. The molecule has 0 aliphatic carbocycles. The van der Waals surface area contributed by atoms with Crippen LogP contribution in [0.4, 0.5) is 5.69 Å². The van der Waals surface area contributed by atoms with Gasteiger partial charge in [0.05, 0.1) is 13.2 Å². The van der Waals surface area contributed by atoms with Crippen molar-refractivity contribution < 1.29 is 14.2 Å². The molecule has 5 nitrogen and oxygen atoms in total. The van der Waals surface area contributed by atoms with E-state index in [0.29, 0.717) is 19.3 Å². The molecular weight excluding hydrogens is 244 g/mol. The first-order valence-electron chi connectivity index (χ1n) is 6.74. The Balaban J connectivity index is 1.80. The maximum Gasteiger partial charge on any atom is 0.163 e. The van der Waals surface area contributed by atoms with Crippen molar-refractivity contribution in [3.8, 4) is 11.5 Å². The lowest BCUT2D eigenvalue weighted by Gasteiger charge is -2.33. The Bertz CT molecular complexity index is 464. The van der Waals surface area contributed by atoms with Crippen molar-refractivity contribution in [2.75, 3.05) is 38.7 Å². The van der Waals surface area contributed by atoms with E-state index in [1.807, 2.05) is 12.1 Å². The minimum absolute atomic E-state index is 0.418. The zero-order valence-corrected chi connectivity index (χ0v) is 11.2. The molecule has 1 unspecified atom stereocenters. The Morgan fingerprint density at radius 2 is 1.95 bits per heavy atom. The maximum atomic E-state index is 6.11. The number of benzene rings is 1. The fraction of sp³-hybridized carbons (Fsp3) is 0.571. The average molecular weight is 264 g/mol. The van der Waals surface area contributed by atoms with Gasteiger partial charge in [0.2, 0.25) is 0 Å². The molecular formula is C14H20N2O3. The molecule has 2 heterocycles. The van der Waals surface area contributed by atoms with E-state index in [1.165, 1.54) is 0 Å². The van der Waals surface area contributed by atoms with Crippen molar-refractivity contribution in [3.63, 3.8) is 0 Å². The number of anilines is 1. The van der Waals surface area contributed by atoms with Crippen LogP contribution in [0, 0.1) is 0 Å². The van der Waals surface area contributed by atoms with Crippen molar-refractivity contribution >= 4 is 5.69 Å². The van der Waals surface area contributed by atoms with E-state index < -0.39 is 0 Å². The second-order valence-electron chi connectivity index (χ2n) is 5.09. The SMILES string of the molecule is CC1COCCN1Cc1cc2c(cc1N)OCCO2. The molecule has 0 amide bonds. The molecule has 104 valence electrons. The Labute approximate surface area is 113 Å². The molecule has 5 heteroatoms. The molecule has 2 N–H and O–H groups in total. The first-order valence-corrected chi connectivity index (χ1v) is 6.74. The minimum atomic E-state index is 0.418. The number of fused-ring (bicyclic) bond motifs is 1. The van der Waals surface area contributed by atoms with E-state index >= 15 is 0 Å². The highest BCUT2D eigenvalue weighted by Crippen LogP contribution is 2.35. The summed E-state index contributed by atoms with van der Waals surface area (Å²) in [6.45, 7) is 6.70. The predicted octanol–water partition coefficient (Wildman–Crippen LogP) is 1.26. The summed E-state index contributed by atoms with van der Waals surface area (Å²) in [4.78, 5) is 2.38. The van der Waals surface area contributed by atoms with Gasteiger partial charge in [0.25, 0.3) is 0 Å². The minimum Gasteiger partial charge on any atom is -0.486 e. The van der Waals surface area contributed by atoms with Crippen molar-refractivity contribution in [2.45, 2.75) is 19.5 Å². The van der Waals surface area contributed by atoms with Crippen molar-refractivity contribution in [1.29, 1.82) is 0 Å². The van der Waals surface area contributed by atoms with Crippen LogP contribution in [0.2, 0.25) is 0 Å². The molecule has 0 saturated carbocycles. The molecule has 1 aromatic rings. The van der Waals surface area contributed by atoms with Crippen LogP contribution in [0.5, 0.6) is 11.5 Å². The quantitative estimate of drug-likeness (QED) is 0.815. The number of nitrogen functional groups attached to an aromatic ring is 1. The summed E-state index contributed by atoms with van der Waals surface area (Å²) < 4.78 is 16.6. The van der Waals surface area contributed by atoms with Crippen molar-refractivity contribution in [3.05, 3.63) is 17.7 Å².